The molecule has 0 spiro atoms. The zero-order chi connectivity index (χ0) is 17.1. The molecule has 3 aromatic rings. The maximum Gasteiger partial charge on any atom is 0.289 e. The van der Waals surface area contributed by atoms with Gasteiger partial charge in [-0.25, -0.2) is 0 Å². The second-order valence-electron chi connectivity index (χ2n) is 5.36. The number of hydrogen-bond acceptors (Lipinski definition) is 3. The highest BCUT2D eigenvalue weighted by Crippen LogP contribution is 2.20. The van der Waals surface area contributed by atoms with Crippen molar-refractivity contribution in [3.05, 3.63) is 65.4 Å². The number of halogens is 1. The topological polar surface area (TPSA) is 62.6 Å². The van der Waals surface area contributed by atoms with Crippen LogP contribution >= 0.6 is 11.6 Å². The van der Waals surface area contributed by atoms with Gasteiger partial charge in [0.2, 0.25) is 5.91 Å². The van der Waals surface area contributed by atoms with Gasteiger partial charge >= 0.3 is 0 Å². The first-order valence-electron chi connectivity index (χ1n) is 7.32. The lowest BCUT2D eigenvalue weighted by atomic mass is 10.2. The Morgan fingerprint density at radius 1 is 1.12 bits per heavy atom. The number of nitrogens with one attached hydrogen (secondary N) is 1. The molecule has 3 rings (SSSR count). The monoisotopic (exact) mass is 342 g/mol. The second-order valence-corrected chi connectivity index (χ2v) is 5.80. The van der Waals surface area contributed by atoms with Gasteiger partial charge in [0, 0.05) is 23.1 Å². The number of hydrogen-bond donors (Lipinski definition) is 1. The lowest BCUT2D eigenvalue weighted by molar-refractivity contribution is -0.116. The molecule has 0 radical (unpaired) electrons. The van der Waals surface area contributed by atoms with Crippen molar-refractivity contribution in [2.45, 2.75) is 0 Å². The van der Waals surface area contributed by atoms with Crippen LogP contribution in [-0.2, 0) is 4.79 Å². The van der Waals surface area contributed by atoms with E-state index in [1.54, 1.807) is 43.4 Å². The third-order valence-electron chi connectivity index (χ3n) is 3.49. The Hall–Kier alpha value is -2.79. The fourth-order valence-corrected chi connectivity index (χ4v) is 2.42. The number of fused-ring (bicyclic) bond motifs is 1. The smallest absolute Gasteiger partial charge is 0.289 e. The third kappa shape index (κ3) is 3.58. The van der Waals surface area contributed by atoms with Gasteiger partial charge in [-0.15, -0.1) is 0 Å². The van der Waals surface area contributed by atoms with Crippen LogP contribution in [0.15, 0.2) is 59.0 Å². The largest absolute Gasteiger partial charge is 0.451 e. The van der Waals surface area contributed by atoms with Crippen molar-refractivity contribution in [1.82, 2.24) is 4.90 Å². The number of benzene rings is 2. The van der Waals surface area contributed by atoms with Crippen LogP contribution in [0.3, 0.4) is 0 Å². The van der Waals surface area contributed by atoms with Crippen molar-refractivity contribution in [1.29, 1.82) is 0 Å². The SMILES string of the molecule is CN(CC(=O)Nc1ccc(Cl)cc1)C(=O)c1cc2ccccc2o1. The number of amides is 2. The lowest BCUT2D eigenvalue weighted by Gasteiger charge is -2.15. The normalized spacial score (nSPS) is 10.6. The molecule has 6 heteroatoms. The molecule has 122 valence electrons. The van der Waals surface area contributed by atoms with Gasteiger partial charge in [0.15, 0.2) is 5.76 Å². The van der Waals surface area contributed by atoms with Crippen LogP contribution in [0.1, 0.15) is 10.6 Å². The summed E-state index contributed by atoms with van der Waals surface area (Å²) in [5.41, 5.74) is 1.26. The molecular weight excluding hydrogens is 328 g/mol. The van der Waals surface area contributed by atoms with Crippen molar-refractivity contribution in [3.8, 4) is 0 Å². The lowest BCUT2D eigenvalue weighted by Crippen LogP contribution is -2.34. The Morgan fingerprint density at radius 3 is 2.54 bits per heavy atom. The molecule has 0 atom stereocenters. The standard InChI is InChI=1S/C18H15ClN2O3/c1-21(11-17(22)20-14-8-6-13(19)7-9-14)18(23)16-10-12-4-2-3-5-15(12)24-16/h2-10H,11H2,1H3,(H,20,22). The Balaban J connectivity index is 1.64. The number of anilines is 1. The van der Waals surface area contributed by atoms with Crippen LogP contribution in [0.25, 0.3) is 11.0 Å². The van der Waals surface area contributed by atoms with Gasteiger partial charge < -0.3 is 14.6 Å². The molecule has 1 aromatic heterocycles. The Morgan fingerprint density at radius 2 is 1.83 bits per heavy atom. The number of nitrogens with zero attached hydrogens (tertiary/aromatic N) is 1. The van der Waals surface area contributed by atoms with Crippen molar-refractivity contribution in [2.75, 3.05) is 18.9 Å². The van der Waals surface area contributed by atoms with Gasteiger partial charge in [-0.05, 0) is 36.4 Å². The number of rotatable bonds is 4. The molecule has 24 heavy (non-hydrogen) atoms. The van der Waals surface area contributed by atoms with Gasteiger partial charge in [0.05, 0.1) is 6.54 Å². The Labute approximate surface area is 143 Å². The molecule has 0 aliphatic heterocycles. The molecule has 5 nitrogen and oxygen atoms in total. The molecule has 2 amide bonds. The molecular formula is C18H15ClN2O3. The van der Waals surface area contributed by atoms with E-state index in [2.05, 4.69) is 5.32 Å². The van der Waals surface area contributed by atoms with E-state index in [0.717, 1.165) is 5.39 Å². The molecule has 0 fully saturated rings. The second kappa shape index (κ2) is 6.76. The molecule has 0 saturated carbocycles. The predicted molar refractivity (Wildman–Crippen MR) is 93.3 cm³/mol. The van der Waals surface area contributed by atoms with Crippen molar-refractivity contribution in [2.24, 2.45) is 0 Å². The summed E-state index contributed by atoms with van der Waals surface area (Å²) in [7, 11) is 1.55. The summed E-state index contributed by atoms with van der Waals surface area (Å²) in [6, 6.07) is 15.8. The summed E-state index contributed by atoms with van der Waals surface area (Å²) >= 11 is 5.80. The fourth-order valence-electron chi connectivity index (χ4n) is 2.30. The maximum atomic E-state index is 12.4. The molecule has 0 aliphatic rings. The first-order valence-corrected chi connectivity index (χ1v) is 7.70. The zero-order valence-electron chi connectivity index (χ0n) is 13.0. The first kappa shape index (κ1) is 16.1. The molecule has 1 heterocycles. The molecule has 2 aromatic carbocycles. The molecule has 0 aliphatic carbocycles. The minimum Gasteiger partial charge on any atom is -0.451 e. The third-order valence-corrected chi connectivity index (χ3v) is 3.74. The van der Waals surface area contributed by atoms with E-state index in [9.17, 15) is 9.59 Å². The van der Waals surface area contributed by atoms with E-state index in [4.69, 9.17) is 16.0 Å². The van der Waals surface area contributed by atoms with E-state index in [-0.39, 0.29) is 24.1 Å². The van der Waals surface area contributed by atoms with E-state index in [0.29, 0.717) is 16.3 Å². The quantitative estimate of drug-likeness (QED) is 0.784. The molecule has 0 unspecified atom stereocenters. The maximum absolute atomic E-state index is 12.4. The van der Waals surface area contributed by atoms with E-state index < -0.39 is 0 Å². The van der Waals surface area contributed by atoms with Gasteiger partial charge in [-0.3, -0.25) is 9.59 Å². The number of likely N-dealkylation sites (N-methyl/N-ethyl adjacent to an activating group) is 1. The van der Waals surface area contributed by atoms with Crippen LogP contribution in [0, 0.1) is 0 Å². The van der Waals surface area contributed by atoms with E-state index in [1.807, 2.05) is 18.2 Å². The summed E-state index contributed by atoms with van der Waals surface area (Å²) in [5.74, 6) is -0.445. The zero-order valence-corrected chi connectivity index (χ0v) is 13.7. The van der Waals surface area contributed by atoms with Crippen molar-refractivity contribution < 1.29 is 14.0 Å². The fraction of sp³-hybridized carbons (Fsp3) is 0.111. The van der Waals surface area contributed by atoms with Crippen molar-refractivity contribution >= 4 is 40.1 Å². The highest BCUT2D eigenvalue weighted by molar-refractivity contribution is 6.30. The van der Waals surface area contributed by atoms with Crippen LogP contribution < -0.4 is 5.32 Å². The Bertz CT molecular complexity index is 854. The van der Waals surface area contributed by atoms with Gasteiger partial charge in [0.25, 0.3) is 5.91 Å². The highest BCUT2D eigenvalue weighted by atomic mass is 35.5. The van der Waals surface area contributed by atoms with Crippen LogP contribution in [0.4, 0.5) is 5.69 Å². The van der Waals surface area contributed by atoms with Crippen molar-refractivity contribution in [3.63, 3.8) is 0 Å². The molecule has 0 saturated heterocycles. The predicted octanol–water partition coefficient (Wildman–Crippen LogP) is 3.80. The first-order chi connectivity index (χ1) is 11.5. The minimum absolute atomic E-state index is 0.0848. The summed E-state index contributed by atoms with van der Waals surface area (Å²) in [6.07, 6.45) is 0. The average Bonchev–Trinajstić information content (AvgIpc) is 3.00. The van der Waals surface area contributed by atoms with E-state index >= 15 is 0 Å². The minimum atomic E-state index is -0.350. The summed E-state index contributed by atoms with van der Waals surface area (Å²) in [5, 5.41) is 4.15. The van der Waals surface area contributed by atoms with Crippen LogP contribution in [-0.4, -0.2) is 30.3 Å². The molecule has 0 bridgehead atoms. The summed E-state index contributed by atoms with van der Waals surface area (Å²) in [4.78, 5) is 25.7. The van der Waals surface area contributed by atoms with Gasteiger partial charge in [-0.2, -0.15) is 0 Å². The number of carbonyl (C=O) groups excluding carboxylic acids is 2. The van der Waals surface area contributed by atoms with Crippen LogP contribution in [0.5, 0.6) is 0 Å². The summed E-state index contributed by atoms with van der Waals surface area (Å²) in [6.45, 7) is -0.0848. The van der Waals surface area contributed by atoms with Crippen LogP contribution in [0.2, 0.25) is 5.02 Å². The number of para-hydroxylation sites is 1. The summed E-state index contributed by atoms with van der Waals surface area (Å²) < 4.78 is 5.53. The van der Waals surface area contributed by atoms with Gasteiger partial charge in [0.1, 0.15) is 5.58 Å². The van der Waals surface area contributed by atoms with E-state index in [1.165, 1.54) is 4.90 Å². The number of furan rings is 1. The Kier molecular flexibility index (Phi) is 4.53. The number of carbonyl (C=O) groups is 2. The average molecular weight is 343 g/mol. The molecule has 1 N–H and O–H groups in total. The highest BCUT2D eigenvalue weighted by Gasteiger charge is 2.19. The van der Waals surface area contributed by atoms with Gasteiger partial charge in [-0.1, -0.05) is 29.8 Å².